The number of pyridine rings is 3. The number of nitriles is 1. The first kappa shape index (κ1) is 27.5. The predicted octanol–water partition coefficient (Wildman–Crippen LogP) is 3.16. The summed E-state index contributed by atoms with van der Waals surface area (Å²) in [5, 5.41) is 14.2. The van der Waals surface area contributed by atoms with Gasteiger partial charge >= 0.3 is 0 Å². The van der Waals surface area contributed by atoms with Crippen molar-refractivity contribution in [2.45, 2.75) is 43.4 Å². The van der Waals surface area contributed by atoms with Crippen molar-refractivity contribution in [2.24, 2.45) is 5.73 Å². The van der Waals surface area contributed by atoms with Gasteiger partial charge in [-0.05, 0) is 49.1 Å². The van der Waals surface area contributed by atoms with Crippen molar-refractivity contribution in [2.75, 3.05) is 44.9 Å². The van der Waals surface area contributed by atoms with E-state index >= 15 is 0 Å². The number of rotatable bonds is 8. The lowest BCUT2D eigenvalue weighted by Crippen LogP contribution is -2.68. The van der Waals surface area contributed by atoms with Gasteiger partial charge in [0.25, 0.3) is 0 Å². The minimum Gasteiger partial charge on any atom is -0.490 e. The number of hydrogen-bond acceptors (Lipinski definition) is 10. The third-order valence-corrected chi connectivity index (χ3v) is 8.87. The van der Waals surface area contributed by atoms with Gasteiger partial charge in [-0.3, -0.25) is 4.90 Å². The Kier molecular flexibility index (Phi) is 7.09. The number of fused-ring (bicyclic) bond motifs is 3. The maximum absolute atomic E-state index is 14.2. The van der Waals surface area contributed by atoms with E-state index in [1.54, 1.807) is 23.1 Å². The van der Waals surface area contributed by atoms with E-state index in [9.17, 15) is 9.65 Å². The van der Waals surface area contributed by atoms with Gasteiger partial charge < -0.3 is 24.8 Å². The molecule has 4 aromatic heterocycles. The SMILES string of the molecule is COc1ncc(CN2C3CC2CN(c2ccc(-c4cc(OCC5(N)CCOCC5)cn5ncc(C#N)c45)cn2)C3)cc1F. The average Bonchev–Trinajstić information content (AvgIpc) is 3.46. The Balaban J connectivity index is 1.07. The van der Waals surface area contributed by atoms with E-state index in [0.29, 0.717) is 55.3 Å². The standard InChI is InChI=1S/C31H33FN8O3/c1-41-30-27(32)8-20(12-36-30)15-39-23-9-24(39)17-38(16-23)28-3-2-21(13-35-28)26-10-25(18-40-29(26)22(11-33)14-37-40)43-19-31(34)4-6-42-7-5-31/h2-3,8,10,12-14,18,23-24H,4-7,9,15-17,19,34H2,1H3. The first-order valence-electron chi connectivity index (χ1n) is 14.5. The Morgan fingerprint density at radius 1 is 1.14 bits per heavy atom. The number of piperazine rings is 1. The second-order valence-electron chi connectivity index (χ2n) is 11.7. The van der Waals surface area contributed by atoms with Crippen LogP contribution in [0, 0.1) is 17.1 Å². The highest BCUT2D eigenvalue weighted by molar-refractivity contribution is 5.85. The molecule has 2 unspecified atom stereocenters. The molecule has 222 valence electrons. The van der Waals surface area contributed by atoms with Crippen molar-refractivity contribution in [3.05, 3.63) is 66.0 Å². The van der Waals surface area contributed by atoms with Crippen molar-refractivity contribution in [3.63, 3.8) is 0 Å². The first-order valence-corrected chi connectivity index (χ1v) is 14.5. The third-order valence-electron chi connectivity index (χ3n) is 8.87. The molecule has 0 saturated carbocycles. The molecule has 2 atom stereocenters. The summed E-state index contributed by atoms with van der Waals surface area (Å²) in [5.41, 5.74) is 9.81. The Hall–Kier alpha value is -4.31. The normalized spacial score (nSPS) is 21.3. The summed E-state index contributed by atoms with van der Waals surface area (Å²) in [6.45, 7) is 3.96. The maximum Gasteiger partial charge on any atom is 0.250 e. The van der Waals surface area contributed by atoms with E-state index in [4.69, 9.17) is 24.9 Å². The molecule has 0 aromatic carbocycles. The number of hydrogen-bond donors (Lipinski definition) is 1. The average molecular weight is 585 g/mol. The van der Waals surface area contributed by atoms with Gasteiger partial charge in [0.2, 0.25) is 5.88 Å². The largest absolute Gasteiger partial charge is 0.490 e. The van der Waals surface area contributed by atoms with E-state index in [-0.39, 0.29) is 5.88 Å². The number of aromatic nitrogens is 4. The Bertz CT molecular complexity index is 1670. The number of ether oxygens (including phenoxy) is 3. The summed E-state index contributed by atoms with van der Waals surface area (Å²) < 4.78 is 32.4. The van der Waals surface area contributed by atoms with E-state index in [0.717, 1.165) is 54.9 Å². The smallest absolute Gasteiger partial charge is 0.250 e. The fraction of sp³-hybridized carbons (Fsp3) is 0.419. The van der Waals surface area contributed by atoms with Gasteiger partial charge in [-0.2, -0.15) is 10.4 Å². The highest BCUT2D eigenvalue weighted by atomic mass is 19.1. The van der Waals surface area contributed by atoms with Crippen LogP contribution in [0.25, 0.3) is 16.6 Å². The molecule has 4 fully saturated rings. The molecular weight excluding hydrogens is 551 g/mol. The molecular formula is C31H33FN8O3. The molecule has 4 aromatic rings. The minimum atomic E-state index is -0.440. The highest BCUT2D eigenvalue weighted by Crippen LogP contribution is 2.37. The van der Waals surface area contributed by atoms with Crippen LogP contribution < -0.4 is 20.1 Å². The molecule has 4 aliphatic rings. The predicted molar refractivity (Wildman–Crippen MR) is 156 cm³/mol. The Morgan fingerprint density at radius 2 is 1.95 bits per heavy atom. The van der Waals surface area contributed by atoms with Crippen molar-refractivity contribution in [3.8, 4) is 28.8 Å². The van der Waals surface area contributed by atoms with Crippen molar-refractivity contribution < 1.29 is 18.6 Å². The quantitative estimate of drug-likeness (QED) is 0.330. The fourth-order valence-corrected chi connectivity index (χ4v) is 6.40. The fourth-order valence-electron chi connectivity index (χ4n) is 6.40. The molecule has 2 bridgehead atoms. The monoisotopic (exact) mass is 584 g/mol. The molecule has 8 heterocycles. The Morgan fingerprint density at radius 3 is 2.65 bits per heavy atom. The molecule has 2 N–H and O–H groups in total. The van der Waals surface area contributed by atoms with Crippen LogP contribution >= 0.6 is 0 Å². The van der Waals surface area contributed by atoms with Gasteiger partial charge in [-0.1, -0.05) is 0 Å². The molecule has 4 aliphatic heterocycles. The lowest BCUT2D eigenvalue weighted by molar-refractivity contribution is -0.00884. The number of nitrogens with two attached hydrogens (primary N) is 1. The lowest BCUT2D eigenvalue weighted by Gasteiger charge is -2.56. The Labute approximate surface area is 248 Å². The zero-order valence-electron chi connectivity index (χ0n) is 23.9. The van der Waals surface area contributed by atoms with Gasteiger partial charge in [0.15, 0.2) is 5.82 Å². The number of methoxy groups -OCH3 is 1. The van der Waals surface area contributed by atoms with Crippen LogP contribution in [0.5, 0.6) is 11.6 Å². The van der Waals surface area contributed by atoms with Gasteiger partial charge in [0, 0.05) is 68.5 Å². The van der Waals surface area contributed by atoms with Gasteiger partial charge in [-0.15, -0.1) is 0 Å². The first-order chi connectivity index (χ1) is 20.9. The van der Waals surface area contributed by atoms with E-state index in [2.05, 4.69) is 26.0 Å². The van der Waals surface area contributed by atoms with Crippen LogP contribution in [0.4, 0.5) is 10.2 Å². The van der Waals surface area contributed by atoms with Crippen LogP contribution in [-0.4, -0.2) is 82.1 Å². The second-order valence-corrected chi connectivity index (χ2v) is 11.7. The van der Waals surface area contributed by atoms with Crippen LogP contribution in [-0.2, 0) is 11.3 Å². The summed E-state index contributed by atoms with van der Waals surface area (Å²) >= 11 is 0. The molecule has 0 amide bonds. The van der Waals surface area contributed by atoms with Crippen molar-refractivity contribution in [1.82, 2.24) is 24.5 Å². The van der Waals surface area contributed by atoms with E-state index in [1.807, 2.05) is 24.4 Å². The summed E-state index contributed by atoms with van der Waals surface area (Å²) in [4.78, 5) is 13.6. The van der Waals surface area contributed by atoms with Gasteiger partial charge in [0.1, 0.15) is 24.2 Å². The number of halogens is 1. The van der Waals surface area contributed by atoms with Crippen molar-refractivity contribution >= 4 is 11.3 Å². The summed E-state index contributed by atoms with van der Waals surface area (Å²) in [7, 11) is 1.42. The van der Waals surface area contributed by atoms with Crippen molar-refractivity contribution in [1.29, 1.82) is 5.26 Å². The van der Waals surface area contributed by atoms with Crippen LogP contribution in [0.15, 0.2) is 49.1 Å². The van der Waals surface area contributed by atoms with E-state index in [1.165, 1.54) is 13.2 Å². The number of anilines is 1. The summed E-state index contributed by atoms with van der Waals surface area (Å²) in [5.74, 6) is 1.10. The minimum absolute atomic E-state index is 0.0178. The van der Waals surface area contributed by atoms with Crippen LogP contribution in [0.1, 0.15) is 30.4 Å². The summed E-state index contributed by atoms with van der Waals surface area (Å²) in [6, 6.07) is 10.5. The van der Waals surface area contributed by atoms with Crippen LogP contribution in [0.3, 0.4) is 0 Å². The van der Waals surface area contributed by atoms with E-state index < -0.39 is 11.4 Å². The molecule has 8 rings (SSSR count). The molecule has 11 nitrogen and oxygen atoms in total. The molecule has 0 radical (unpaired) electrons. The van der Waals surface area contributed by atoms with Gasteiger partial charge in [0.05, 0.1) is 36.1 Å². The number of piperidine rings is 1. The molecule has 12 heteroatoms. The van der Waals surface area contributed by atoms with Gasteiger partial charge in [-0.25, -0.2) is 18.9 Å². The summed E-state index contributed by atoms with van der Waals surface area (Å²) in [6.07, 6.45) is 9.46. The molecule has 0 spiro atoms. The molecule has 0 aliphatic carbocycles. The second kappa shape index (κ2) is 11.1. The number of nitrogens with zero attached hydrogens (tertiary/aromatic N) is 7. The zero-order chi connectivity index (χ0) is 29.6. The maximum atomic E-state index is 14.2. The zero-order valence-corrected chi connectivity index (χ0v) is 23.9. The molecule has 4 saturated heterocycles. The topological polar surface area (TPSA) is 127 Å². The highest BCUT2D eigenvalue weighted by Gasteiger charge is 2.44. The molecule has 43 heavy (non-hydrogen) atoms. The van der Waals surface area contributed by atoms with Crippen LogP contribution in [0.2, 0.25) is 0 Å². The third kappa shape index (κ3) is 5.24. The lowest BCUT2D eigenvalue weighted by atomic mass is 9.87.